The molecule has 0 bridgehead atoms. The standard InChI is InChI=1S/C15H18N2O2S/c1-18-10-4-5-12-11(8-10)16-15(20)17(12)13-6-7-19-14(13)9-2-3-9/h4-5,8-9,13-14H,2-3,6-7H2,1H3,(H,16,20). The van der Waals surface area contributed by atoms with Crippen LogP contribution in [0.15, 0.2) is 18.2 Å². The van der Waals surface area contributed by atoms with Gasteiger partial charge in [-0.15, -0.1) is 0 Å². The molecule has 0 amide bonds. The normalized spacial score (nSPS) is 26.2. The van der Waals surface area contributed by atoms with Crippen molar-refractivity contribution in [1.82, 2.24) is 9.55 Å². The van der Waals surface area contributed by atoms with Gasteiger partial charge < -0.3 is 19.0 Å². The second-order valence-electron chi connectivity index (χ2n) is 5.71. The third kappa shape index (κ3) is 1.88. The maximum Gasteiger partial charge on any atom is 0.178 e. The lowest BCUT2D eigenvalue weighted by molar-refractivity contribution is 0.0756. The number of imidazole rings is 1. The summed E-state index contributed by atoms with van der Waals surface area (Å²) in [6, 6.07) is 6.45. The van der Waals surface area contributed by atoms with E-state index >= 15 is 0 Å². The van der Waals surface area contributed by atoms with Gasteiger partial charge in [-0.1, -0.05) is 0 Å². The summed E-state index contributed by atoms with van der Waals surface area (Å²) in [5, 5.41) is 0. The summed E-state index contributed by atoms with van der Waals surface area (Å²) >= 11 is 5.54. The van der Waals surface area contributed by atoms with Crippen molar-refractivity contribution in [3.05, 3.63) is 23.0 Å². The summed E-state index contributed by atoms with van der Waals surface area (Å²) in [6.45, 7) is 0.844. The highest BCUT2D eigenvalue weighted by Crippen LogP contribution is 2.44. The molecule has 4 nitrogen and oxygen atoms in total. The largest absolute Gasteiger partial charge is 0.497 e. The Labute approximate surface area is 122 Å². The lowest BCUT2D eigenvalue weighted by Crippen LogP contribution is -2.22. The number of aromatic amines is 1. The summed E-state index contributed by atoms with van der Waals surface area (Å²) in [4.78, 5) is 3.30. The highest BCUT2D eigenvalue weighted by molar-refractivity contribution is 7.71. The van der Waals surface area contributed by atoms with Gasteiger partial charge in [0.25, 0.3) is 0 Å². The number of hydrogen-bond acceptors (Lipinski definition) is 3. The summed E-state index contributed by atoms with van der Waals surface area (Å²) in [5.41, 5.74) is 2.19. The number of ether oxygens (including phenoxy) is 2. The molecule has 20 heavy (non-hydrogen) atoms. The van der Waals surface area contributed by atoms with Crippen LogP contribution in [0.3, 0.4) is 0 Å². The van der Waals surface area contributed by atoms with Crippen LogP contribution in [0.4, 0.5) is 0 Å². The van der Waals surface area contributed by atoms with Crippen molar-refractivity contribution in [2.45, 2.75) is 31.4 Å². The number of aromatic nitrogens is 2. The molecule has 0 radical (unpaired) electrons. The third-order valence-electron chi connectivity index (χ3n) is 4.45. The Morgan fingerprint density at radius 3 is 2.95 bits per heavy atom. The topological polar surface area (TPSA) is 39.2 Å². The van der Waals surface area contributed by atoms with Crippen LogP contribution in [0.25, 0.3) is 11.0 Å². The molecule has 2 aliphatic rings. The van der Waals surface area contributed by atoms with Crippen molar-refractivity contribution in [3.8, 4) is 5.75 Å². The van der Waals surface area contributed by atoms with Crippen molar-refractivity contribution in [1.29, 1.82) is 0 Å². The number of fused-ring (bicyclic) bond motifs is 1. The van der Waals surface area contributed by atoms with E-state index in [0.717, 1.165) is 40.5 Å². The predicted molar refractivity (Wildman–Crippen MR) is 79.8 cm³/mol. The van der Waals surface area contributed by atoms with Crippen LogP contribution in [-0.4, -0.2) is 29.4 Å². The van der Waals surface area contributed by atoms with Gasteiger partial charge in [-0.3, -0.25) is 0 Å². The van der Waals surface area contributed by atoms with E-state index in [0.29, 0.717) is 12.1 Å². The van der Waals surface area contributed by atoms with Gasteiger partial charge in [-0.2, -0.15) is 0 Å². The molecule has 1 aliphatic heterocycles. The van der Waals surface area contributed by atoms with E-state index in [4.69, 9.17) is 21.7 Å². The number of H-pyrrole nitrogens is 1. The van der Waals surface area contributed by atoms with Crippen LogP contribution in [0.1, 0.15) is 25.3 Å². The molecule has 1 saturated carbocycles. The van der Waals surface area contributed by atoms with Gasteiger partial charge in [0.15, 0.2) is 4.77 Å². The quantitative estimate of drug-likeness (QED) is 0.880. The van der Waals surface area contributed by atoms with E-state index in [1.54, 1.807) is 7.11 Å². The lowest BCUT2D eigenvalue weighted by Gasteiger charge is -2.20. The molecule has 0 spiro atoms. The fourth-order valence-electron chi connectivity index (χ4n) is 3.32. The highest BCUT2D eigenvalue weighted by Gasteiger charge is 2.42. The van der Waals surface area contributed by atoms with Crippen LogP contribution in [-0.2, 0) is 4.74 Å². The van der Waals surface area contributed by atoms with Crippen molar-refractivity contribution in [2.75, 3.05) is 13.7 Å². The van der Waals surface area contributed by atoms with Crippen LogP contribution >= 0.6 is 12.2 Å². The molecule has 2 unspecified atom stereocenters. The van der Waals surface area contributed by atoms with Crippen molar-refractivity contribution < 1.29 is 9.47 Å². The number of hydrogen-bond donors (Lipinski definition) is 1. The number of nitrogens with zero attached hydrogens (tertiary/aromatic N) is 1. The SMILES string of the molecule is COc1ccc2c(c1)[nH]c(=S)n2C1CCOC1C1CC1. The number of benzene rings is 1. The van der Waals surface area contributed by atoms with E-state index in [1.807, 2.05) is 12.1 Å². The van der Waals surface area contributed by atoms with Gasteiger partial charge >= 0.3 is 0 Å². The monoisotopic (exact) mass is 290 g/mol. The summed E-state index contributed by atoms with van der Waals surface area (Å²) in [5.74, 6) is 1.58. The van der Waals surface area contributed by atoms with E-state index in [9.17, 15) is 0 Å². The smallest absolute Gasteiger partial charge is 0.178 e. The minimum absolute atomic E-state index is 0.336. The zero-order valence-corrected chi connectivity index (χ0v) is 12.3. The van der Waals surface area contributed by atoms with Crippen LogP contribution < -0.4 is 4.74 Å². The fraction of sp³-hybridized carbons (Fsp3) is 0.533. The maximum absolute atomic E-state index is 5.96. The Morgan fingerprint density at radius 1 is 1.35 bits per heavy atom. The Balaban J connectivity index is 1.82. The van der Waals surface area contributed by atoms with Gasteiger partial charge in [0.1, 0.15) is 5.75 Å². The van der Waals surface area contributed by atoms with Crippen molar-refractivity contribution >= 4 is 23.3 Å². The minimum Gasteiger partial charge on any atom is -0.497 e. The van der Waals surface area contributed by atoms with E-state index in [-0.39, 0.29) is 0 Å². The lowest BCUT2D eigenvalue weighted by atomic mass is 10.1. The Kier molecular flexibility index (Phi) is 2.86. The third-order valence-corrected chi connectivity index (χ3v) is 4.74. The summed E-state index contributed by atoms with van der Waals surface area (Å²) in [7, 11) is 1.68. The molecule has 1 N–H and O–H groups in total. The van der Waals surface area contributed by atoms with E-state index < -0.39 is 0 Å². The number of rotatable bonds is 3. The second kappa shape index (κ2) is 4.60. The summed E-state index contributed by atoms with van der Waals surface area (Å²) < 4.78 is 14.3. The zero-order chi connectivity index (χ0) is 13.7. The molecule has 4 rings (SSSR count). The van der Waals surface area contributed by atoms with Gasteiger partial charge in [0, 0.05) is 12.7 Å². The van der Waals surface area contributed by atoms with Crippen LogP contribution in [0.5, 0.6) is 5.75 Å². The first-order chi connectivity index (χ1) is 9.78. The van der Waals surface area contributed by atoms with E-state index in [2.05, 4.69) is 15.6 Å². The molecule has 2 fully saturated rings. The summed E-state index contributed by atoms with van der Waals surface area (Å²) in [6.07, 6.45) is 3.98. The van der Waals surface area contributed by atoms with E-state index in [1.165, 1.54) is 12.8 Å². The second-order valence-corrected chi connectivity index (χ2v) is 6.10. The zero-order valence-electron chi connectivity index (χ0n) is 11.5. The molecule has 5 heteroatoms. The molecule has 1 aliphatic carbocycles. The molecular formula is C15H18N2O2S. The van der Waals surface area contributed by atoms with Crippen molar-refractivity contribution in [2.24, 2.45) is 5.92 Å². The predicted octanol–water partition coefficient (Wildman–Crippen LogP) is 3.45. The molecule has 2 atom stereocenters. The first-order valence-corrected chi connectivity index (χ1v) is 7.58. The average molecular weight is 290 g/mol. The Bertz CT molecular complexity index is 701. The van der Waals surface area contributed by atoms with Gasteiger partial charge in [0.05, 0.1) is 30.3 Å². The van der Waals surface area contributed by atoms with Gasteiger partial charge in [0.2, 0.25) is 0 Å². The average Bonchev–Trinajstić information content (AvgIpc) is 3.10. The molecule has 2 heterocycles. The van der Waals surface area contributed by atoms with Gasteiger partial charge in [-0.25, -0.2) is 0 Å². The number of methoxy groups -OCH3 is 1. The molecule has 106 valence electrons. The molecule has 1 aromatic carbocycles. The van der Waals surface area contributed by atoms with Crippen LogP contribution in [0, 0.1) is 10.7 Å². The van der Waals surface area contributed by atoms with Gasteiger partial charge in [-0.05, 0) is 49.5 Å². The maximum atomic E-state index is 5.96. The Morgan fingerprint density at radius 2 is 2.20 bits per heavy atom. The Hall–Kier alpha value is -1.33. The molecule has 2 aromatic rings. The fourth-order valence-corrected chi connectivity index (χ4v) is 3.66. The highest BCUT2D eigenvalue weighted by atomic mass is 32.1. The molecular weight excluding hydrogens is 272 g/mol. The first-order valence-electron chi connectivity index (χ1n) is 7.18. The van der Waals surface area contributed by atoms with Crippen LogP contribution in [0.2, 0.25) is 0 Å². The molecule has 1 saturated heterocycles. The minimum atomic E-state index is 0.336. The first kappa shape index (κ1) is 12.4. The van der Waals surface area contributed by atoms with Crippen molar-refractivity contribution in [3.63, 3.8) is 0 Å². The number of nitrogens with one attached hydrogen (secondary N) is 1. The molecule has 1 aromatic heterocycles.